The van der Waals surface area contributed by atoms with Gasteiger partial charge in [-0.05, 0) is 41.6 Å². The second-order valence-electron chi connectivity index (χ2n) is 6.65. The molecule has 0 saturated carbocycles. The molecule has 30 heavy (non-hydrogen) atoms. The van der Waals surface area contributed by atoms with Crippen LogP contribution in [0.1, 0.15) is 24.0 Å². The molecule has 1 aliphatic heterocycles. The Balaban J connectivity index is 1.38. The molecule has 4 heterocycles. The fourth-order valence-corrected chi connectivity index (χ4v) is 3.28. The Hall–Kier alpha value is -4.08. The van der Waals surface area contributed by atoms with Gasteiger partial charge in [0.25, 0.3) is 5.91 Å². The van der Waals surface area contributed by atoms with Gasteiger partial charge in [-0.1, -0.05) is 12.1 Å². The second kappa shape index (κ2) is 7.39. The molecule has 4 aromatic rings. The van der Waals surface area contributed by atoms with E-state index in [2.05, 4.69) is 20.5 Å². The lowest BCUT2D eigenvalue weighted by Crippen LogP contribution is -2.31. The zero-order valence-electron chi connectivity index (χ0n) is 15.6. The minimum Gasteiger partial charge on any atom is -0.467 e. The summed E-state index contributed by atoms with van der Waals surface area (Å²) in [5.41, 5.74) is 1.11. The molecule has 3 aromatic heterocycles. The van der Waals surface area contributed by atoms with Crippen LogP contribution >= 0.6 is 0 Å². The zero-order chi connectivity index (χ0) is 20.5. The second-order valence-corrected chi connectivity index (χ2v) is 6.65. The van der Waals surface area contributed by atoms with E-state index in [4.69, 9.17) is 8.83 Å². The minimum absolute atomic E-state index is 0.186. The average Bonchev–Trinajstić information content (AvgIpc) is 3.54. The number of benzene rings is 1. The number of furan rings is 2. The molecule has 0 fully saturated rings. The molecule has 0 bridgehead atoms. The van der Waals surface area contributed by atoms with E-state index >= 15 is 0 Å². The van der Waals surface area contributed by atoms with Crippen LogP contribution in [0.25, 0.3) is 11.4 Å². The normalized spacial score (nSPS) is 16.1. The summed E-state index contributed by atoms with van der Waals surface area (Å²) in [6.07, 6.45) is 3.55. The number of carbonyl (C=O) groups excluding carboxylic acids is 1. The fraction of sp³-hybridized carbons (Fsp3) is 0.150. The number of hydrazone groups is 1. The van der Waals surface area contributed by atoms with Gasteiger partial charge >= 0.3 is 0 Å². The maximum absolute atomic E-state index is 13.4. The van der Waals surface area contributed by atoms with Crippen LogP contribution in [-0.2, 0) is 11.3 Å². The minimum atomic E-state index is -0.405. The predicted octanol–water partition coefficient (Wildman–Crippen LogP) is 3.04. The fourth-order valence-electron chi connectivity index (χ4n) is 3.28. The SMILES string of the molecule is O=C(Cn1nnc(-c2cccc(F)c2)n1)N1N=C(c2ccco2)CC1c1ccco1. The van der Waals surface area contributed by atoms with E-state index in [-0.39, 0.29) is 18.3 Å². The molecule has 0 spiro atoms. The van der Waals surface area contributed by atoms with Crippen molar-refractivity contribution in [1.29, 1.82) is 0 Å². The molecule has 10 heteroatoms. The van der Waals surface area contributed by atoms with Crippen molar-refractivity contribution in [2.75, 3.05) is 0 Å². The topological polar surface area (TPSA) is 103 Å². The first kappa shape index (κ1) is 18.0. The molecule has 1 aromatic carbocycles. The Morgan fingerprint density at radius 1 is 1.13 bits per heavy atom. The van der Waals surface area contributed by atoms with Gasteiger partial charge in [-0.2, -0.15) is 9.90 Å². The van der Waals surface area contributed by atoms with Crippen molar-refractivity contribution in [3.63, 3.8) is 0 Å². The number of amides is 1. The van der Waals surface area contributed by atoms with E-state index in [1.165, 1.54) is 17.1 Å². The van der Waals surface area contributed by atoms with Gasteiger partial charge in [-0.15, -0.1) is 10.2 Å². The summed E-state index contributed by atoms with van der Waals surface area (Å²) in [6.45, 7) is -0.186. The number of hydrogen-bond donors (Lipinski definition) is 0. The van der Waals surface area contributed by atoms with Crippen molar-refractivity contribution in [2.24, 2.45) is 5.10 Å². The number of rotatable bonds is 5. The van der Waals surface area contributed by atoms with Gasteiger partial charge < -0.3 is 8.83 Å². The molecular weight excluding hydrogens is 391 g/mol. The van der Waals surface area contributed by atoms with Gasteiger partial charge in [0.05, 0.1) is 12.5 Å². The molecular formula is C20H15FN6O3. The third kappa shape index (κ3) is 3.39. The third-order valence-corrected chi connectivity index (χ3v) is 4.66. The van der Waals surface area contributed by atoms with Crippen LogP contribution in [0.15, 0.2) is 75.0 Å². The number of tetrazole rings is 1. The van der Waals surface area contributed by atoms with Crippen LogP contribution in [-0.4, -0.2) is 36.8 Å². The van der Waals surface area contributed by atoms with Crippen molar-refractivity contribution in [3.8, 4) is 11.4 Å². The number of halogens is 1. The van der Waals surface area contributed by atoms with Gasteiger partial charge in [0.1, 0.15) is 35.6 Å². The first-order valence-corrected chi connectivity index (χ1v) is 9.18. The van der Waals surface area contributed by atoms with Gasteiger partial charge in [0, 0.05) is 12.0 Å². The first-order valence-electron chi connectivity index (χ1n) is 9.18. The van der Waals surface area contributed by atoms with Gasteiger partial charge in [-0.25, -0.2) is 9.40 Å². The summed E-state index contributed by atoms with van der Waals surface area (Å²) in [7, 11) is 0. The van der Waals surface area contributed by atoms with Gasteiger partial charge in [-0.3, -0.25) is 4.79 Å². The van der Waals surface area contributed by atoms with E-state index in [1.54, 1.807) is 48.9 Å². The zero-order valence-corrected chi connectivity index (χ0v) is 15.6. The number of nitrogens with zero attached hydrogens (tertiary/aromatic N) is 6. The summed E-state index contributed by atoms with van der Waals surface area (Å²) in [6, 6.07) is 12.5. The molecule has 9 nitrogen and oxygen atoms in total. The number of hydrogen-bond acceptors (Lipinski definition) is 7. The highest BCUT2D eigenvalue weighted by molar-refractivity contribution is 6.01. The number of aromatic nitrogens is 4. The quantitative estimate of drug-likeness (QED) is 0.505. The smallest absolute Gasteiger partial charge is 0.267 e. The standard InChI is InChI=1S/C20H15FN6O3/c21-14-5-1-4-13(10-14)20-22-25-26(24-20)12-19(28)27-16(18-7-3-9-30-18)11-15(23-27)17-6-2-8-29-17/h1-10,16H,11-12H2. The lowest BCUT2D eigenvalue weighted by atomic mass is 10.1. The highest BCUT2D eigenvalue weighted by Gasteiger charge is 2.36. The Kier molecular flexibility index (Phi) is 4.43. The summed E-state index contributed by atoms with van der Waals surface area (Å²) in [4.78, 5) is 14.1. The molecule has 5 rings (SSSR count). The maximum Gasteiger partial charge on any atom is 0.267 e. The van der Waals surface area contributed by atoms with Crippen LogP contribution < -0.4 is 0 Å². The highest BCUT2D eigenvalue weighted by atomic mass is 19.1. The Bertz CT molecular complexity index is 1200. The maximum atomic E-state index is 13.4. The van der Waals surface area contributed by atoms with E-state index in [0.29, 0.717) is 29.2 Å². The first-order chi connectivity index (χ1) is 14.7. The average molecular weight is 406 g/mol. The predicted molar refractivity (Wildman–Crippen MR) is 101 cm³/mol. The molecule has 150 valence electrons. The summed E-state index contributed by atoms with van der Waals surface area (Å²) in [5, 5.41) is 17.8. The van der Waals surface area contributed by atoms with Gasteiger partial charge in [0.15, 0.2) is 0 Å². The van der Waals surface area contributed by atoms with Crippen LogP contribution in [0.5, 0.6) is 0 Å². The van der Waals surface area contributed by atoms with E-state index in [1.807, 2.05) is 0 Å². The molecule has 0 N–H and O–H groups in total. The Morgan fingerprint density at radius 2 is 2.00 bits per heavy atom. The number of carbonyl (C=O) groups is 1. The molecule has 0 radical (unpaired) electrons. The molecule has 1 amide bonds. The molecule has 0 aliphatic carbocycles. The molecule has 1 aliphatic rings. The van der Waals surface area contributed by atoms with Crippen molar-refractivity contribution in [3.05, 3.63) is 78.4 Å². The van der Waals surface area contributed by atoms with Crippen LogP contribution in [0.3, 0.4) is 0 Å². The van der Waals surface area contributed by atoms with Crippen LogP contribution in [0.4, 0.5) is 4.39 Å². The van der Waals surface area contributed by atoms with Crippen LogP contribution in [0, 0.1) is 5.82 Å². The van der Waals surface area contributed by atoms with Crippen molar-refractivity contribution < 1.29 is 18.0 Å². The largest absolute Gasteiger partial charge is 0.467 e. The van der Waals surface area contributed by atoms with Crippen molar-refractivity contribution in [2.45, 2.75) is 19.0 Å². The summed E-state index contributed by atoms with van der Waals surface area (Å²) in [5.74, 6) is 0.681. The van der Waals surface area contributed by atoms with Gasteiger partial charge in [0.2, 0.25) is 5.82 Å². The lowest BCUT2D eigenvalue weighted by molar-refractivity contribution is -0.134. The Morgan fingerprint density at radius 3 is 2.77 bits per heavy atom. The molecule has 0 saturated heterocycles. The van der Waals surface area contributed by atoms with E-state index in [0.717, 1.165) is 4.80 Å². The molecule has 1 unspecified atom stereocenters. The summed E-state index contributed by atoms with van der Waals surface area (Å²) < 4.78 is 24.4. The molecule has 1 atom stereocenters. The monoisotopic (exact) mass is 406 g/mol. The van der Waals surface area contributed by atoms with E-state index in [9.17, 15) is 9.18 Å². The third-order valence-electron chi connectivity index (χ3n) is 4.66. The van der Waals surface area contributed by atoms with E-state index < -0.39 is 11.9 Å². The highest BCUT2D eigenvalue weighted by Crippen LogP contribution is 2.33. The van der Waals surface area contributed by atoms with Crippen molar-refractivity contribution >= 4 is 11.6 Å². The lowest BCUT2D eigenvalue weighted by Gasteiger charge is -2.19. The van der Waals surface area contributed by atoms with Crippen LogP contribution in [0.2, 0.25) is 0 Å². The Labute approximate surface area is 169 Å². The summed E-state index contributed by atoms with van der Waals surface area (Å²) >= 11 is 0. The van der Waals surface area contributed by atoms with Crippen molar-refractivity contribution in [1.82, 2.24) is 25.2 Å².